The van der Waals surface area contributed by atoms with Crippen molar-refractivity contribution in [2.24, 2.45) is 12.2 Å². The number of hydrogen-bond donors (Lipinski definition) is 2. The number of fused-ring (bicyclic) bond motifs is 1. The Kier molecular flexibility index (Phi) is 4.81. The van der Waals surface area contributed by atoms with E-state index in [1.54, 1.807) is 43.3 Å². The zero-order chi connectivity index (χ0) is 19.8. The molecule has 3 N–H and O–H groups in total. The molecule has 1 amide bonds. The minimum Gasteiger partial charge on any atom is -0.344 e. The van der Waals surface area contributed by atoms with Crippen LogP contribution in [0.1, 0.15) is 29.0 Å². The van der Waals surface area contributed by atoms with Crippen LogP contribution in [0.5, 0.6) is 0 Å². The Hall–Kier alpha value is -3.04. The Labute approximate surface area is 155 Å². The summed E-state index contributed by atoms with van der Waals surface area (Å²) in [4.78, 5) is 24.9. The van der Waals surface area contributed by atoms with E-state index in [1.807, 2.05) is 0 Å². The van der Waals surface area contributed by atoms with E-state index >= 15 is 0 Å². The van der Waals surface area contributed by atoms with E-state index in [-0.39, 0.29) is 16.1 Å². The maximum absolute atomic E-state index is 12.7. The van der Waals surface area contributed by atoms with Crippen molar-refractivity contribution in [3.05, 3.63) is 70.1 Å². The van der Waals surface area contributed by atoms with Crippen molar-refractivity contribution in [1.29, 1.82) is 0 Å². The quantitative estimate of drug-likeness (QED) is 0.694. The largest absolute Gasteiger partial charge is 0.344 e. The van der Waals surface area contributed by atoms with Crippen LogP contribution in [0, 0.1) is 0 Å². The Morgan fingerprint density at radius 1 is 1.11 bits per heavy atom. The number of nitrogens with zero attached hydrogens (tertiary/aromatic N) is 2. The molecule has 9 heteroatoms. The molecule has 0 aliphatic carbocycles. The molecular weight excluding hydrogens is 368 g/mol. The van der Waals surface area contributed by atoms with Crippen molar-refractivity contribution in [3.63, 3.8) is 0 Å². The van der Waals surface area contributed by atoms with Gasteiger partial charge in [0.15, 0.2) is 5.69 Å². The number of carbonyl (C=O) groups is 1. The molecule has 3 aromatic rings. The molecule has 1 atom stereocenters. The fourth-order valence-corrected chi connectivity index (χ4v) is 3.28. The van der Waals surface area contributed by atoms with Crippen LogP contribution in [-0.4, -0.2) is 24.1 Å². The van der Waals surface area contributed by atoms with Crippen LogP contribution < -0.4 is 16.0 Å². The lowest BCUT2D eigenvalue weighted by atomic mass is 10.1. The van der Waals surface area contributed by atoms with E-state index in [9.17, 15) is 18.0 Å². The van der Waals surface area contributed by atoms with Crippen LogP contribution in [0.2, 0.25) is 0 Å². The first kappa shape index (κ1) is 18.7. The van der Waals surface area contributed by atoms with Crippen molar-refractivity contribution in [1.82, 2.24) is 15.1 Å². The monoisotopic (exact) mass is 386 g/mol. The molecule has 0 radical (unpaired) electrons. The number of rotatable bonds is 4. The number of hydrogen-bond acceptors (Lipinski definition) is 5. The van der Waals surface area contributed by atoms with Crippen molar-refractivity contribution < 1.29 is 13.2 Å². The highest BCUT2D eigenvalue weighted by Gasteiger charge is 2.18. The zero-order valence-corrected chi connectivity index (χ0v) is 15.5. The minimum absolute atomic E-state index is 0.00417. The van der Waals surface area contributed by atoms with Crippen LogP contribution >= 0.6 is 0 Å². The van der Waals surface area contributed by atoms with E-state index < -0.39 is 22.0 Å². The van der Waals surface area contributed by atoms with Gasteiger partial charge >= 0.3 is 0 Å². The van der Waals surface area contributed by atoms with Gasteiger partial charge in [0.2, 0.25) is 10.0 Å². The summed E-state index contributed by atoms with van der Waals surface area (Å²) in [6.07, 6.45) is 0. The van der Waals surface area contributed by atoms with Gasteiger partial charge in [-0.2, -0.15) is 5.10 Å². The van der Waals surface area contributed by atoms with Gasteiger partial charge < -0.3 is 5.32 Å². The van der Waals surface area contributed by atoms with Gasteiger partial charge in [-0.05, 0) is 30.7 Å². The summed E-state index contributed by atoms with van der Waals surface area (Å²) < 4.78 is 23.8. The van der Waals surface area contributed by atoms with Crippen LogP contribution in [0.3, 0.4) is 0 Å². The third kappa shape index (κ3) is 3.74. The lowest BCUT2D eigenvalue weighted by Crippen LogP contribution is -2.31. The fraction of sp³-hybridized carbons (Fsp3) is 0.167. The normalized spacial score (nSPS) is 12.7. The maximum atomic E-state index is 12.7. The number of aromatic nitrogens is 2. The Morgan fingerprint density at radius 3 is 2.30 bits per heavy atom. The molecule has 0 spiro atoms. The number of nitrogens with one attached hydrogen (secondary N) is 1. The first-order valence-corrected chi connectivity index (χ1v) is 9.63. The molecule has 140 valence electrons. The number of benzene rings is 2. The molecular formula is C18H18N4O4S. The van der Waals surface area contributed by atoms with E-state index in [1.165, 1.54) is 19.2 Å². The van der Waals surface area contributed by atoms with Crippen molar-refractivity contribution in [2.45, 2.75) is 17.9 Å². The third-order valence-corrected chi connectivity index (χ3v) is 5.16. The molecule has 8 nitrogen and oxygen atoms in total. The van der Waals surface area contributed by atoms with Crippen LogP contribution in [0.25, 0.3) is 10.8 Å². The molecule has 1 aromatic heterocycles. The van der Waals surface area contributed by atoms with Gasteiger partial charge in [0.25, 0.3) is 11.5 Å². The third-order valence-electron chi connectivity index (χ3n) is 4.23. The lowest BCUT2D eigenvalue weighted by molar-refractivity contribution is 0.0934. The number of sulfonamides is 1. The maximum Gasteiger partial charge on any atom is 0.274 e. The van der Waals surface area contributed by atoms with Crippen molar-refractivity contribution in [2.75, 3.05) is 0 Å². The van der Waals surface area contributed by atoms with Gasteiger partial charge in [0.05, 0.1) is 16.3 Å². The molecule has 0 unspecified atom stereocenters. The van der Waals surface area contributed by atoms with Gasteiger partial charge in [-0.25, -0.2) is 18.2 Å². The molecule has 0 fully saturated rings. The highest BCUT2D eigenvalue weighted by molar-refractivity contribution is 7.89. The summed E-state index contributed by atoms with van der Waals surface area (Å²) in [5.41, 5.74) is 0.555. The van der Waals surface area contributed by atoms with Gasteiger partial charge in [-0.3, -0.25) is 9.59 Å². The summed E-state index contributed by atoms with van der Waals surface area (Å²) in [6.45, 7) is 1.76. The van der Waals surface area contributed by atoms with Crippen LogP contribution in [0.4, 0.5) is 0 Å². The second-order valence-corrected chi connectivity index (χ2v) is 7.69. The van der Waals surface area contributed by atoms with E-state index in [2.05, 4.69) is 10.4 Å². The lowest BCUT2D eigenvalue weighted by Gasteiger charge is -2.15. The second-order valence-electron chi connectivity index (χ2n) is 6.13. The van der Waals surface area contributed by atoms with Gasteiger partial charge in [-0.1, -0.05) is 30.3 Å². The number of primary sulfonamides is 1. The molecule has 3 rings (SSSR count). The molecule has 0 aliphatic heterocycles. The van der Waals surface area contributed by atoms with Gasteiger partial charge in [0, 0.05) is 12.4 Å². The second kappa shape index (κ2) is 6.93. The Balaban J connectivity index is 1.91. The average molecular weight is 386 g/mol. The summed E-state index contributed by atoms with van der Waals surface area (Å²) >= 11 is 0. The van der Waals surface area contributed by atoms with E-state index in [0.29, 0.717) is 16.3 Å². The van der Waals surface area contributed by atoms with Crippen LogP contribution in [-0.2, 0) is 17.1 Å². The molecule has 0 saturated carbocycles. The summed E-state index contributed by atoms with van der Waals surface area (Å²) in [5, 5.41) is 12.9. The molecule has 1 heterocycles. The van der Waals surface area contributed by atoms with Gasteiger partial charge in [0.1, 0.15) is 0 Å². The number of amides is 1. The highest BCUT2D eigenvalue weighted by atomic mass is 32.2. The number of nitrogens with two attached hydrogens (primary N) is 1. The Morgan fingerprint density at radius 2 is 1.70 bits per heavy atom. The van der Waals surface area contributed by atoms with Crippen molar-refractivity contribution in [3.8, 4) is 0 Å². The molecule has 0 bridgehead atoms. The number of carbonyl (C=O) groups excluding carboxylic acids is 1. The Bertz CT molecular complexity index is 1180. The molecule has 0 aliphatic rings. The SMILES string of the molecule is C[C@H](NC(=O)c1nn(C)c(=O)c2ccccc12)c1ccc(S(N)(=O)=O)cc1. The predicted molar refractivity (Wildman–Crippen MR) is 101 cm³/mol. The topological polar surface area (TPSA) is 124 Å². The van der Waals surface area contributed by atoms with E-state index in [0.717, 1.165) is 4.68 Å². The standard InChI is InChI=1S/C18H18N4O4S/c1-11(12-7-9-13(10-8-12)27(19,25)26)20-17(23)16-14-5-3-4-6-15(14)18(24)22(2)21-16/h3-11H,1-2H3,(H,20,23)(H2,19,25,26)/t11-/m0/s1. The highest BCUT2D eigenvalue weighted by Crippen LogP contribution is 2.18. The molecule has 2 aromatic carbocycles. The average Bonchev–Trinajstić information content (AvgIpc) is 2.64. The smallest absolute Gasteiger partial charge is 0.274 e. The van der Waals surface area contributed by atoms with Crippen molar-refractivity contribution >= 4 is 26.7 Å². The summed E-state index contributed by atoms with van der Waals surface area (Å²) in [7, 11) is -2.29. The molecule has 0 saturated heterocycles. The summed E-state index contributed by atoms with van der Waals surface area (Å²) in [5.74, 6) is -0.440. The van der Waals surface area contributed by atoms with Gasteiger partial charge in [-0.15, -0.1) is 0 Å². The van der Waals surface area contributed by atoms with E-state index in [4.69, 9.17) is 5.14 Å². The summed E-state index contributed by atoms with van der Waals surface area (Å²) in [6, 6.07) is 12.3. The minimum atomic E-state index is -3.77. The zero-order valence-electron chi connectivity index (χ0n) is 14.7. The number of aryl methyl sites for hydroxylation is 1. The first-order chi connectivity index (χ1) is 12.7. The molecule has 27 heavy (non-hydrogen) atoms. The first-order valence-electron chi connectivity index (χ1n) is 8.08. The fourth-order valence-electron chi connectivity index (χ4n) is 2.76. The van der Waals surface area contributed by atoms with Crippen LogP contribution in [0.15, 0.2) is 58.2 Å². The predicted octanol–water partition coefficient (Wildman–Crippen LogP) is 1.07.